The first-order valence-electron chi connectivity index (χ1n) is 5.94. The lowest BCUT2D eigenvalue weighted by atomic mass is 10.2. The number of aromatic amines is 1. The van der Waals surface area contributed by atoms with Crippen LogP contribution in [0.25, 0.3) is 0 Å². The van der Waals surface area contributed by atoms with E-state index in [4.69, 9.17) is 5.73 Å². The molecule has 1 aliphatic carbocycles. The molecule has 3 N–H and O–H groups in total. The fraction of sp³-hybridized carbons (Fsp3) is 0.818. The minimum atomic E-state index is -0.231. The molecule has 0 bridgehead atoms. The van der Waals surface area contributed by atoms with Gasteiger partial charge in [0.2, 0.25) is 5.95 Å². The molecule has 1 fully saturated rings. The quantitative estimate of drug-likeness (QED) is 0.809. The number of nitrogens with two attached hydrogens (primary N) is 1. The smallest absolute Gasteiger partial charge is 0.245 e. The lowest BCUT2D eigenvalue weighted by Gasteiger charge is -2.29. The number of hydrogen-bond acceptors (Lipinski definition) is 4. The molecule has 1 heterocycles. The van der Waals surface area contributed by atoms with Gasteiger partial charge in [0.25, 0.3) is 0 Å². The molecule has 0 radical (unpaired) electrons. The Morgan fingerprint density at radius 2 is 1.81 bits per heavy atom. The third kappa shape index (κ3) is 1.91. The summed E-state index contributed by atoms with van der Waals surface area (Å²) in [7, 11) is 0. The van der Waals surface area contributed by atoms with E-state index in [1.165, 1.54) is 0 Å². The molecule has 1 aromatic heterocycles. The molecule has 5 heteroatoms. The van der Waals surface area contributed by atoms with E-state index in [0.29, 0.717) is 12.1 Å². The molecule has 2 rings (SSSR count). The summed E-state index contributed by atoms with van der Waals surface area (Å²) in [5.74, 6) is 1.59. The Bertz CT molecular complexity index is 356. The Morgan fingerprint density at radius 3 is 2.25 bits per heavy atom. The summed E-state index contributed by atoms with van der Waals surface area (Å²) in [6.45, 7) is 8.58. The SMILES string of the molecule is CC(C)N(c1n[nH]c(C2(N)CC2)n1)C(C)C. The molecule has 0 atom stereocenters. The minimum absolute atomic E-state index is 0.231. The van der Waals surface area contributed by atoms with Crippen molar-refractivity contribution in [3.8, 4) is 0 Å². The van der Waals surface area contributed by atoms with Gasteiger partial charge in [0, 0.05) is 12.1 Å². The van der Waals surface area contributed by atoms with Gasteiger partial charge >= 0.3 is 0 Å². The van der Waals surface area contributed by atoms with Crippen molar-refractivity contribution in [2.45, 2.75) is 58.2 Å². The Balaban J connectivity index is 2.22. The highest BCUT2D eigenvalue weighted by Crippen LogP contribution is 2.41. The highest BCUT2D eigenvalue weighted by atomic mass is 15.4. The molecule has 1 saturated carbocycles. The predicted molar refractivity (Wildman–Crippen MR) is 64.2 cm³/mol. The van der Waals surface area contributed by atoms with Crippen LogP contribution in [-0.2, 0) is 5.54 Å². The van der Waals surface area contributed by atoms with Gasteiger partial charge in [0.15, 0.2) is 0 Å². The van der Waals surface area contributed by atoms with Crippen LogP contribution >= 0.6 is 0 Å². The Morgan fingerprint density at radius 1 is 1.25 bits per heavy atom. The first kappa shape index (κ1) is 11.4. The summed E-state index contributed by atoms with van der Waals surface area (Å²) < 4.78 is 0. The maximum Gasteiger partial charge on any atom is 0.245 e. The van der Waals surface area contributed by atoms with E-state index in [0.717, 1.165) is 24.6 Å². The van der Waals surface area contributed by atoms with Crippen molar-refractivity contribution in [1.82, 2.24) is 15.2 Å². The lowest BCUT2D eigenvalue weighted by Crippen LogP contribution is -2.37. The largest absolute Gasteiger partial charge is 0.335 e. The standard InChI is InChI=1S/C11H21N5/c1-7(2)16(8(3)4)10-13-9(14-15-10)11(12)5-6-11/h7-8H,5-6,12H2,1-4H3,(H,13,14,15). The van der Waals surface area contributed by atoms with Gasteiger partial charge in [-0.15, -0.1) is 5.10 Å². The number of nitrogens with zero attached hydrogens (tertiary/aromatic N) is 3. The van der Waals surface area contributed by atoms with Crippen LogP contribution in [0.3, 0.4) is 0 Å². The van der Waals surface area contributed by atoms with E-state index in [1.54, 1.807) is 0 Å². The Labute approximate surface area is 96.4 Å². The van der Waals surface area contributed by atoms with Crippen molar-refractivity contribution < 1.29 is 0 Å². The molecule has 0 amide bonds. The topological polar surface area (TPSA) is 70.8 Å². The van der Waals surface area contributed by atoms with E-state index < -0.39 is 0 Å². The van der Waals surface area contributed by atoms with Crippen LogP contribution in [0.5, 0.6) is 0 Å². The van der Waals surface area contributed by atoms with Crippen LogP contribution in [0.1, 0.15) is 46.4 Å². The van der Waals surface area contributed by atoms with Gasteiger partial charge in [-0.3, -0.25) is 5.10 Å². The van der Waals surface area contributed by atoms with E-state index in [2.05, 4.69) is 47.8 Å². The van der Waals surface area contributed by atoms with Crippen LogP contribution in [0, 0.1) is 0 Å². The molecule has 5 nitrogen and oxygen atoms in total. The van der Waals surface area contributed by atoms with Gasteiger partial charge in [-0.05, 0) is 40.5 Å². The second-order valence-corrected chi connectivity index (χ2v) is 5.23. The Kier molecular flexibility index (Phi) is 2.66. The molecule has 0 saturated heterocycles. The van der Waals surface area contributed by atoms with Crippen molar-refractivity contribution in [3.63, 3.8) is 0 Å². The Hall–Kier alpha value is -1.10. The van der Waals surface area contributed by atoms with Crippen molar-refractivity contribution in [2.24, 2.45) is 5.73 Å². The lowest BCUT2D eigenvalue weighted by molar-refractivity contribution is 0.591. The van der Waals surface area contributed by atoms with Crippen molar-refractivity contribution in [1.29, 1.82) is 0 Å². The zero-order valence-corrected chi connectivity index (χ0v) is 10.5. The van der Waals surface area contributed by atoms with Crippen LogP contribution < -0.4 is 10.6 Å². The van der Waals surface area contributed by atoms with Crippen LogP contribution in [-0.4, -0.2) is 27.3 Å². The predicted octanol–water partition coefficient (Wildman–Crippen LogP) is 1.38. The molecule has 0 aliphatic heterocycles. The maximum absolute atomic E-state index is 6.08. The molecule has 16 heavy (non-hydrogen) atoms. The van der Waals surface area contributed by atoms with Crippen molar-refractivity contribution in [2.75, 3.05) is 4.90 Å². The first-order chi connectivity index (χ1) is 7.44. The maximum atomic E-state index is 6.08. The summed E-state index contributed by atoms with van der Waals surface area (Å²) in [6.07, 6.45) is 2.01. The number of H-pyrrole nitrogens is 1. The highest BCUT2D eigenvalue weighted by Gasteiger charge is 2.43. The summed E-state index contributed by atoms with van der Waals surface area (Å²) in [5.41, 5.74) is 5.85. The van der Waals surface area contributed by atoms with E-state index >= 15 is 0 Å². The van der Waals surface area contributed by atoms with Gasteiger partial charge in [-0.2, -0.15) is 4.98 Å². The molecular formula is C11H21N5. The number of anilines is 1. The van der Waals surface area contributed by atoms with Crippen LogP contribution in [0.4, 0.5) is 5.95 Å². The van der Waals surface area contributed by atoms with E-state index in [9.17, 15) is 0 Å². The number of rotatable bonds is 4. The fourth-order valence-electron chi connectivity index (χ4n) is 2.02. The zero-order chi connectivity index (χ0) is 11.9. The van der Waals surface area contributed by atoms with Crippen LogP contribution in [0.2, 0.25) is 0 Å². The van der Waals surface area contributed by atoms with E-state index in [1.807, 2.05) is 0 Å². The van der Waals surface area contributed by atoms with Gasteiger partial charge < -0.3 is 10.6 Å². The van der Waals surface area contributed by atoms with Crippen molar-refractivity contribution in [3.05, 3.63) is 5.82 Å². The van der Waals surface area contributed by atoms with E-state index in [-0.39, 0.29) is 5.54 Å². The van der Waals surface area contributed by atoms with Crippen LogP contribution in [0.15, 0.2) is 0 Å². The molecule has 90 valence electrons. The van der Waals surface area contributed by atoms with Gasteiger partial charge in [0.05, 0.1) is 5.54 Å². The molecule has 0 aromatic carbocycles. The fourth-order valence-corrected chi connectivity index (χ4v) is 2.02. The molecule has 1 aliphatic rings. The summed E-state index contributed by atoms with van der Waals surface area (Å²) in [5, 5.41) is 7.25. The average molecular weight is 223 g/mol. The first-order valence-corrected chi connectivity index (χ1v) is 5.94. The normalized spacial score (nSPS) is 18.2. The van der Waals surface area contributed by atoms with Gasteiger partial charge in [-0.1, -0.05) is 0 Å². The van der Waals surface area contributed by atoms with Gasteiger partial charge in [0.1, 0.15) is 5.82 Å². The minimum Gasteiger partial charge on any atom is -0.335 e. The summed E-state index contributed by atoms with van der Waals surface area (Å²) in [6, 6.07) is 0.771. The second-order valence-electron chi connectivity index (χ2n) is 5.23. The third-order valence-electron chi connectivity index (χ3n) is 3.08. The van der Waals surface area contributed by atoms with Crippen molar-refractivity contribution >= 4 is 5.95 Å². The summed E-state index contributed by atoms with van der Waals surface area (Å²) >= 11 is 0. The monoisotopic (exact) mass is 223 g/mol. The van der Waals surface area contributed by atoms with Gasteiger partial charge in [-0.25, -0.2) is 0 Å². The second kappa shape index (κ2) is 3.73. The number of nitrogens with one attached hydrogen (secondary N) is 1. The number of hydrogen-bond donors (Lipinski definition) is 2. The molecule has 0 spiro atoms. The molecule has 1 aromatic rings. The zero-order valence-electron chi connectivity index (χ0n) is 10.5. The third-order valence-corrected chi connectivity index (χ3v) is 3.08. The summed E-state index contributed by atoms with van der Waals surface area (Å²) in [4.78, 5) is 6.71. The highest BCUT2D eigenvalue weighted by molar-refractivity contribution is 5.33. The average Bonchev–Trinajstić information content (AvgIpc) is 2.75. The number of aromatic nitrogens is 3. The molecular weight excluding hydrogens is 202 g/mol. The molecule has 0 unspecified atom stereocenters.